The van der Waals surface area contributed by atoms with Crippen LogP contribution in [0.1, 0.15) is 74.5 Å². The van der Waals surface area contributed by atoms with Gasteiger partial charge in [0.1, 0.15) is 0 Å². The molecule has 1 aliphatic carbocycles. The minimum Gasteiger partial charge on any atom is -0.287 e. The van der Waals surface area contributed by atoms with E-state index in [1.165, 1.54) is 29.5 Å². The van der Waals surface area contributed by atoms with Crippen molar-refractivity contribution in [2.75, 3.05) is 0 Å². The second-order valence-electron chi connectivity index (χ2n) is 8.65. The summed E-state index contributed by atoms with van der Waals surface area (Å²) in [6, 6.07) is 10.4. The van der Waals surface area contributed by atoms with Gasteiger partial charge in [0, 0.05) is 17.7 Å². The predicted molar refractivity (Wildman–Crippen MR) is 102 cm³/mol. The van der Waals surface area contributed by atoms with Crippen LogP contribution < -0.4 is 4.57 Å². The number of hydrogen-bond acceptors (Lipinski definition) is 1. The van der Waals surface area contributed by atoms with Gasteiger partial charge < -0.3 is 0 Å². The number of Topliss-reactive ketones (excluding diaryl/α,β-unsaturated/α-hetero) is 1. The molecule has 0 unspecified atom stereocenters. The van der Waals surface area contributed by atoms with Crippen molar-refractivity contribution in [3.05, 3.63) is 65.0 Å². The zero-order valence-corrected chi connectivity index (χ0v) is 16.2. The molecule has 2 nitrogen and oxygen atoms in total. The summed E-state index contributed by atoms with van der Waals surface area (Å²) in [4.78, 5) is 13.0. The fourth-order valence-corrected chi connectivity index (χ4v) is 4.00. The Kier molecular flexibility index (Phi) is 4.57. The molecule has 0 atom stereocenters. The maximum atomic E-state index is 13.0. The van der Waals surface area contributed by atoms with E-state index in [9.17, 15) is 4.79 Å². The quantitative estimate of drug-likeness (QED) is 0.582. The van der Waals surface area contributed by atoms with Crippen molar-refractivity contribution < 1.29 is 9.36 Å². The van der Waals surface area contributed by atoms with E-state index in [2.05, 4.69) is 46.8 Å². The van der Waals surface area contributed by atoms with Crippen LogP contribution in [0.5, 0.6) is 0 Å². The molecule has 0 amide bonds. The molecule has 0 aliphatic heterocycles. The summed E-state index contributed by atoms with van der Waals surface area (Å²) in [7, 11) is 0. The highest BCUT2D eigenvalue weighted by molar-refractivity contribution is 5.97. The summed E-state index contributed by atoms with van der Waals surface area (Å²) >= 11 is 0. The highest BCUT2D eigenvalue weighted by Gasteiger charge is 2.38. The Hall–Kier alpha value is -1.96. The lowest BCUT2D eigenvalue weighted by Crippen LogP contribution is -2.38. The lowest BCUT2D eigenvalue weighted by Gasteiger charge is -2.42. The Morgan fingerprint density at radius 1 is 0.960 bits per heavy atom. The van der Waals surface area contributed by atoms with E-state index < -0.39 is 0 Å². The molecule has 0 saturated carbocycles. The molecule has 1 aromatic heterocycles. The van der Waals surface area contributed by atoms with Gasteiger partial charge in [0.15, 0.2) is 12.4 Å². The molecule has 132 valence electrons. The van der Waals surface area contributed by atoms with Crippen molar-refractivity contribution in [1.82, 2.24) is 0 Å². The largest absolute Gasteiger partial charge is 0.287 e. The standard InChI is InChI=1S/C23H30NO/c1-6-17-14-19-20(23(4,5)11-10-22(19,2)3)15-18(17)21(25)16-24-12-8-7-9-13-24/h7-9,12-15H,6,10-11,16H2,1-5H3/q+1. The van der Waals surface area contributed by atoms with Gasteiger partial charge in [0.25, 0.3) is 0 Å². The van der Waals surface area contributed by atoms with Crippen molar-refractivity contribution in [2.45, 2.75) is 71.3 Å². The Morgan fingerprint density at radius 2 is 1.52 bits per heavy atom. The van der Waals surface area contributed by atoms with Crippen LogP contribution in [-0.2, 0) is 23.8 Å². The molecule has 0 spiro atoms. The molecule has 3 rings (SSSR count). The van der Waals surface area contributed by atoms with Gasteiger partial charge >= 0.3 is 0 Å². The molecular formula is C23H30NO+. The molecule has 0 bridgehead atoms. The molecule has 0 saturated heterocycles. The number of hydrogen-bond donors (Lipinski definition) is 0. The van der Waals surface area contributed by atoms with E-state index in [1.54, 1.807) is 0 Å². The summed E-state index contributed by atoms with van der Waals surface area (Å²) in [5, 5.41) is 0. The molecule has 2 heteroatoms. The molecule has 0 N–H and O–H groups in total. The summed E-state index contributed by atoms with van der Waals surface area (Å²) in [6.45, 7) is 11.8. The Morgan fingerprint density at radius 3 is 2.08 bits per heavy atom. The van der Waals surface area contributed by atoms with Gasteiger partial charge in [-0.15, -0.1) is 0 Å². The first-order chi connectivity index (χ1) is 11.7. The number of aryl methyl sites for hydroxylation is 1. The molecule has 2 aromatic rings. The molecule has 0 fully saturated rings. The third kappa shape index (κ3) is 3.40. The first-order valence-corrected chi connectivity index (χ1v) is 9.40. The zero-order chi connectivity index (χ0) is 18.2. The maximum absolute atomic E-state index is 13.0. The average molecular weight is 336 g/mol. The third-order valence-corrected chi connectivity index (χ3v) is 5.86. The highest BCUT2D eigenvalue weighted by Crippen LogP contribution is 2.46. The SMILES string of the molecule is CCc1cc2c(cc1C(=O)C[n+]1ccccc1)C(C)(C)CCC2(C)C. The third-order valence-electron chi connectivity index (χ3n) is 5.86. The number of fused-ring (bicyclic) bond motifs is 1. The normalized spacial score (nSPS) is 17.8. The van der Waals surface area contributed by atoms with Crippen molar-refractivity contribution in [2.24, 2.45) is 0 Å². The van der Waals surface area contributed by atoms with Crippen LogP contribution >= 0.6 is 0 Å². The lowest BCUT2D eigenvalue weighted by molar-refractivity contribution is -0.683. The number of nitrogens with zero attached hydrogens (tertiary/aromatic N) is 1. The number of ketones is 1. The topological polar surface area (TPSA) is 20.9 Å². The van der Waals surface area contributed by atoms with Crippen LogP contribution in [0.15, 0.2) is 42.7 Å². The molecular weight excluding hydrogens is 306 g/mol. The summed E-state index contributed by atoms with van der Waals surface area (Å²) in [5.41, 5.74) is 5.21. The predicted octanol–water partition coefficient (Wildman–Crippen LogP) is 4.77. The van der Waals surface area contributed by atoms with Crippen LogP contribution in [-0.4, -0.2) is 5.78 Å². The van der Waals surface area contributed by atoms with Gasteiger partial charge in [-0.2, -0.15) is 4.57 Å². The van der Waals surface area contributed by atoms with Gasteiger partial charge in [-0.1, -0.05) is 46.8 Å². The number of pyridine rings is 1. The van der Waals surface area contributed by atoms with Crippen molar-refractivity contribution in [3.63, 3.8) is 0 Å². The van der Waals surface area contributed by atoms with Crippen molar-refractivity contribution in [3.8, 4) is 0 Å². The summed E-state index contributed by atoms with van der Waals surface area (Å²) < 4.78 is 1.95. The molecule has 1 aliphatic rings. The Bertz CT molecular complexity index is 787. The summed E-state index contributed by atoms with van der Waals surface area (Å²) in [6.07, 6.45) is 7.16. The Labute approximate surface area is 151 Å². The van der Waals surface area contributed by atoms with Crippen LogP contribution in [0.25, 0.3) is 0 Å². The second-order valence-corrected chi connectivity index (χ2v) is 8.65. The van der Waals surface area contributed by atoms with E-state index in [-0.39, 0.29) is 16.6 Å². The van der Waals surface area contributed by atoms with Crippen LogP contribution in [0.2, 0.25) is 0 Å². The second kappa shape index (κ2) is 6.40. The molecule has 1 heterocycles. The molecule has 25 heavy (non-hydrogen) atoms. The van der Waals surface area contributed by atoms with Gasteiger partial charge in [-0.05, 0) is 52.8 Å². The highest BCUT2D eigenvalue weighted by atomic mass is 16.1. The van der Waals surface area contributed by atoms with Gasteiger partial charge in [0.2, 0.25) is 12.3 Å². The van der Waals surface area contributed by atoms with E-state index in [0.29, 0.717) is 6.54 Å². The van der Waals surface area contributed by atoms with Crippen LogP contribution in [0.4, 0.5) is 0 Å². The summed E-state index contributed by atoms with van der Waals surface area (Å²) in [5.74, 6) is 0.204. The lowest BCUT2D eigenvalue weighted by atomic mass is 9.62. The number of benzene rings is 1. The minimum atomic E-state index is 0.131. The first-order valence-electron chi connectivity index (χ1n) is 9.40. The van der Waals surface area contributed by atoms with E-state index in [1.807, 2.05) is 35.2 Å². The van der Waals surface area contributed by atoms with E-state index >= 15 is 0 Å². The fraction of sp³-hybridized carbons (Fsp3) is 0.478. The number of rotatable bonds is 4. The van der Waals surface area contributed by atoms with E-state index in [4.69, 9.17) is 0 Å². The number of aromatic nitrogens is 1. The number of carbonyl (C=O) groups excluding carboxylic acids is 1. The van der Waals surface area contributed by atoms with Crippen molar-refractivity contribution >= 4 is 5.78 Å². The number of carbonyl (C=O) groups is 1. The van der Waals surface area contributed by atoms with Crippen LogP contribution in [0, 0.1) is 0 Å². The Balaban J connectivity index is 2.07. The average Bonchev–Trinajstić information content (AvgIpc) is 2.59. The zero-order valence-electron chi connectivity index (χ0n) is 16.2. The van der Waals surface area contributed by atoms with Crippen molar-refractivity contribution in [1.29, 1.82) is 0 Å². The molecule has 1 aromatic carbocycles. The van der Waals surface area contributed by atoms with Gasteiger partial charge in [0.05, 0.1) is 0 Å². The first kappa shape index (κ1) is 17.8. The molecule has 0 radical (unpaired) electrons. The minimum absolute atomic E-state index is 0.131. The fourth-order valence-electron chi connectivity index (χ4n) is 4.00. The monoisotopic (exact) mass is 336 g/mol. The van der Waals surface area contributed by atoms with E-state index in [0.717, 1.165) is 12.0 Å². The van der Waals surface area contributed by atoms with Gasteiger partial charge in [-0.25, -0.2) is 0 Å². The van der Waals surface area contributed by atoms with Crippen LogP contribution in [0.3, 0.4) is 0 Å². The smallest absolute Gasteiger partial charge is 0.227 e. The maximum Gasteiger partial charge on any atom is 0.227 e. The van der Waals surface area contributed by atoms with Gasteiger partial charge in [-0.3, -0.25) is 4.79 Å².